The highest BCUT2D eigenvalue weighted by Crippen LogP contribution is 2.41. The normalized spacial score (nSPS) is 10.7. The second kappa shape index (κ2) is 5.89. The summed E-state index contributed by atoms with van der Waals surface area (Å²) in [5.41, 5.74) is -0.187. The Morgan fingerprint density at radius 3 is 2.65 bits per heavy atom. The summed E-state index contributed by atoms with van der Waals surface area (Å²) in [6.45, 7) is 0. The van der Waals surface area contributed by atoms with E-state index in [2.05, 4.69) is 4.98 Å². The van der Waals surface area contributed by atoms with Crippen molar-refractivity contribution in [3.63, 3.8) is 0 Å². The number of hydrogen-bond acceptors (Lipinski definition) is 3. The van der Waals surface area contributed by atoms with Gasteiger partial charge in [-0.1, -0.05) is 0 Å². The molecule has 2 aromatic carbocycles. The van der Waals surface area contributed by atoms with Gasteiger partial charge >= 0.3 is 0 Å². The fraction of sp³-hybridized carbons (Fsp3) is 0.0625. The first-order valence-corrected chi connectivity index (χ1v) is 7.68. The summed E-state index contributed by atoms with van der Waals surface area (Å²) in [6, 6.07) is 6.70. The lowest BCUT2D eigenvalue weighted by Gasteiger charge is -2.13. The van der Waals surface area contributed by atoms with E-state index in [0.29, 0.717) is 10.3 Å². The maximum absolute atomic E-state index is 14.3. The number of aromatic amines is 1. The summed E-state index contributed by atoms with van der Waals surface area (Å²) < 4.78 is 47.2. The van der Waals surface area contributed by atoms with Crippen LogP contribution < -0.4 is 4.74 Å². The molecule has 0 aliphatic heterocycles. The van der Waals surface area contributed by atoms with Crippen molar-refractivity contribution in [3.05, 3.63) is 53.5 Å². The van der Waals surface area contributed by atoms with Gasteiger partial charge in [-0.2, -0.15) is 9.65 Å². The van der Waals surface area contributed by atoms with Gasteiger partial charge in [-0.05, 0) is 24.5 Å². The van der Waals surface area contributed by atoms with Crippen molar-refractivity contribution in [3.8, 4) is 17.6 Å². The lowest BCUT2D eigenvalue weighted by molar-refractivity contribution is 0.409. The number of rotatable bonds is 3. The number of nitrogens with one attached hydrogen (secondary N) is 1. The van der Waals surface area contributed by atoms with E-state index in [4.69, 9.17) is 10.00 Å². The van der Waals surface area contributed by atoms with Crippen LogP contribution in [0.15, 0.2) is 35.4 Å². The van der Waals surface area contributed by atoms with E-state index in [-0.39, 0.29) is 22.6 Å². The van der Waals surface area contributed by atoms with Crippen LogP contribution in [0, 0.1) is 28.8 Å². The van der Waals surface area contributed by atoms with Gasteiger partial charge in [0, 0.05) is 17.6 Å². The third-order valence-electron chi connectivity index (χ3n) is 3.29. The van der Waals surface area contributed by atoms with Gasteiger partial charge in [-0.25, -0.2) is 8.78 Å². The molecule has 0 atom stereocenters. The van der Waals surface area contributed by atoms with E-state index in [1.807, 2.05) is 0 Å². The predicted molar refractivity (Wildman–Crippen MR) is 81.2 cm³/mol. The largest absolute Gasteiger partial charge is 0.453 e. The van der Waals surface area contributed by atoms with E-state index in [9.17, 15) is 13.2 Å². The molecule has 0 unspecified atom stereocenters. The predicted octanol–water partition coefficient (Wildman–Crippen LogP) is 4.97. The minimum atomic E-state index is -1.15. The number of ether oxygens (including phenoxy) is 1. The Labute approximate surface area is 133 Å². The maximum atomic E-state index is 14.3. The zero-order valence-corrected chi connectivity index (χ0v) is 12.6. The molecule has 23 heavy (non-hydrogen) atoms. The highest BCUT2D eigenvalue weighted by Gasteiger charge is 2.22. The Kier molecular flexibility index (Phi) is 3.92. The number of hydrogen-bond donors (Lipinski definition) is 1. The van der Waals surface area contributed by atoms with Crippen LogP contribution in [0.25, 0.3) is 10.9 Å². The van der Waals surface area contributed by atoms with Crippen molar-refractivity contribution in [1.29, 1.82) is 5.26 Å². The number of H-pyrrole nitrogens is 1. The van der Waals surface area contributed by atoms with Gasteiger partial charge in [0.25, 0.3) is 0 Å². The van der Waals surface area contributed by atoms with Gasteiger partial charge in [0.1, 0.15) is 17.6 Å². The van der Waals surface area contributed by atoms with Gasteiger partial charge in [-0.15, -0.1) is 11.8 Å². The Balaban J connectivity index is 2.16. The first-order valence-electron chi connectivity index (χ1n) is 6.46. The van der Waals surface area contributed by atoms with Crippen molar-refractivity contribution in [2.45, 2.75) is 4.90 Å². The Bertz CT molecular complexity index is 947. The minimum Gasteiger partial charge on any atom is -0.453 e. The molecule has 0 aliphatic carbocycles. The molecule has 7 heteroatoms. The molecule has 1 N–H and O–H groups in total. The topological polar surface area (TPSA) is 48.8 Å². The molecule has 3 rings (SSSR count). The van der Waals surface area contributed by atoms with Crippen LogP contribution in [0.4, 0.5) is 13.2 Å². The van der Waals surface area contributed by atoms with Crippen LogP contribution in [0.3, 0.4) is 0 Å². The molecule has 0 bridgehead atoms. The van der Waals surface area contributed by atoms with Gasteiger partial charge in [0.05, 0.1) is 16.0 Å². The molecule has 1 heterocycles. The quantitative estimate of drug-likeness (QED) is 0.688. The van der Waals surface area contributed by atoms with E-state index in [0.717, 1.165) is 12.1 Å². The molecule has 0 amide bonds. The molecular weight excluding hydrogens is 325 g/mol. The van der Waals surface area contributed by atoms with E-state index in [1.165, 1.54) is 24.0 Å². The average molecular weight is 334 g/mol. The van der Waals surface area contributed by atoms with E-state index < -0.39 is 17.5 Å². The van der Waals surface area contributed by atoms with Crippen molar-refractivity contribution in [1.82, 2.24) is 4.98 Å². The first kappa shape index (κ1) is 15.3. The van der Waals surface area contributed by atoms with Gasteiger partial charge in [0.15, 0.2) is 11.6 Å². The summed E-state index contributed by atoms with van der Waals surface area (Å²) in [6.07, 6.45) is 3.21. The number of halogens is 3. The Morgan fingerprint density at radius 2 is 1.96 bits per heavy atom. The minimum absolute atomic E-state index is 0.0476. The van der Waals surface area contributed by atoms with Crippen LogP contribution in [0.1, 0.15) is 5.56 Å². The maximum Gasteiger partial charge on any atom is 0.204 e. The molecule has 0 spiro atoms. The summed E-state index contributed by atoms with van der Waals surface area (Å²) in [4.78, 5) is 3.05. The summed E-state index contributed by atoms with van der Waals surface area (Å²) >= 11 is 1.19. The Hall–Kier alpha value is -2.59. The zero-order chi connectivity index (χ0) is 16.6. The highest BCUT2D eigenvalue weighted by molar-refractivity contribution is 7.99. The SMILES string of the molecule is CSc1c(Oc2ccc(F)c(C#N)c2)c(F)c(F)c2[nH]ccc12. The lowest BCUT2D eigenvalue weighted by atomic mass is 10.2. The molecule has 0 saturated heterocycles. The number of nitriles is 1. The van der Waals surface area contributed by atoms with Gasteiger partial charge < -0.3 is 9.72 Å². The molecule has 0 saturated carbocycles. The third kappa shape index (κ3) is 2.51. The van der Waals surface area contributed by atoms with Crippen LogP contribution in [0.5, 0.6) is 11.5 Å². The first-order chi connectivity index (χ1) is 11.1. The van der Waals surface area contributed by atoms with Crippen molar-refractivity contribution >= 4 is 22.7 Å². The van der Waals surface area contributed by atoms with Gasteiger partial charge in [0.2, 0.25) is 5.82 Å². The van der Waals surface area contributed by atoms with Gasteiger partial charge in [-0.3, -0.25) is 0 Å². The number of nitrogens with zero attached hydrogens (tertiary/aromatic N) is 1. The van der Waals surface area contributed by atoms with Crippen LogP contribution >= 0.6 is 11.8 Å². The smallest absolute Gasteiger partial charge is 0.204 e. The highest BCUT2D eigenvalue weighted by atomic mass is 32.2. The molecule has 3 aromatic rings. The van der Waals surface area contributed by atoms with Crippen LogP contribution in [0.2, 0.25) is 0 Å². The molecular formula is C16H9F3N2OS. The molecule has 1 aromatic heterocycles. The second-order valence-corrected chi connectivity index (χ2v) is 5.43. The fourth-order valence-electron chi connectivity index (χ4n) is 2.24. The standard InChI is InChI=1S/C16H9F3N2OS/c1-23-16-10-4-5-21-14(10)12(18)13(19)15(16)22-9-2-3-11(17)8(6-9)7-20/h2-6,21H,1H3. The molecule has 0 fully saturated rings. The van der Waals surface area contributed by atoms with Crippen molar-refractivity contribution < 1.29 is 17.9 Å². The molecule has 0 aliphatic rings. The van der Waals surface area contributed by atoms with E-state index >= 15 is 0 Å². The summed E-state index contributed by atoms with van der Waals surface area (Å²) in [5.74, 6) is -3.16. The number of thioether (sulfide) groups is 1. The number of benzene rings is 2. The van der Waals surface area contributed by atoms with Crippen molar-refractivity contribution in [2.24, 2.45) is 0 Å². The van der Waals surface area contributed by atoms with Crippen molar-refractivity contribution in [2.75, 3.05) is 6.26 Å². The number of fused-ring (bicyclic) bond motifs is 1. The fourth-order valence-corrected chi connectivity index (χ4v) is 2.94. The lowest BCUT2D eigenvalue weighted by Crippen LogP contribution is -1.97. The summed E-state index contributed by atoms with van der Waals surface area (Å²) in [5, 5.41) is 9.31. The zero-order valence-electron chi connectivity index (χ0n) is 11.8. The second-order valence-electron chi connectivity index (χ2n) is 4.61. The monoisotopic (exact) mass is 334 g/mol. The number of aromatic nitrogens is 1. The van der Waals surface area contributed by atoms with E-state index in [1.54, 1.807) is 18.4 Å². The third-order valence-corrected chi connectivity index (χ3v) is 4.11. The van der Waals surface area contributed by atoms with Crippen LogP contribution in [-0.2, 0) is 0 Å². The summed E-state index contributed by atoms with van der Waals surface area (Å²) in [7, 11) is 0. The Morgan fingerprint density at radius 1 is 1.17 bits per heavy atom. The molecule has 3 nitrogen and oxygen atoms in total. The molecule has 116 valence electrons. The average Bonchev–Trinajstić information content (AvgIpc) is 3.04. The molecule has 0 radical (unpaired) electrons. The van der Waals surface area contributed by atoms with Crippen LogP contribution in [-0.4, -0.2) is 11.2 Å².